The van der Waals surface area contributed by atoms with Crippen LogP contribution in [0.1, 0.15) is 33.3 Å². The Bertz CT molecular complexity index is 1450. The molecule has 0 aliphatic carbocycles. The van der Waals surface area contributed by atoms with Gasteiger partial charge in [0.2, 0.25) is 5.70 Å². The molecule has 0 saturated heterocycles. The fourth-order valence-corrected chi connectivity index (χ4v) is 4.37. The van der Waals surface area contributed by atoms with Crippen LogP contribution in [0.2, 0.25) is 0 Å². The van der Waals surface area contributed by atoms with Crippen LogP contribution in [0.5, 0.6) is 0 Å². The standard InChI is InChI=1S/C28H25N7O/c1-7-34(8-2)21-13-9-19(10-14-21)24-18-35(33-32-24)22-15-11-20(12-16-22)25-26(31-6)27(23(17-29)30-5)36-28(25,3)4/h9-16,18H,7-8H2,1-4H3/b27-23+. The van der Waals surface area contributed by atoms with Crippen LogP contribution in [0.3, 0.4) is 0 Å². The van der Waals surface area contributed by atoms with Crippen molar-refractivity contribution in [2.24, 2.45) is 0 Å². The van der Waals surface area contributed by atoms with E-state index in [1.807, 2.05) is 50.4 Å². The van der Waals surface area contributed by atoms with Gasteiger partial charge in [-0.3, -0.25) is 0 Å². The molecular weight excluding hydrogens is 450 g/mol. The SMILES string of the molecule is [C-]#[N+]C1=C(c2ccc(-n3cc(-c4ccc(N(CC)CC)cc4)nn3)cc2)C(C)(C)O/C1=C(\C#N)[N+]#[C-]. The van der Waals surface area contributed by atoms with Gasteiger partial charge in [-0.05, 0) is 57.5 Å². The van der Waals surface area contributed by atoms with Crippen molar-refractivity contribution in [1.82, 2.24) is 15.0 Å². The lowest BCUT2D eigenvalue weighted by molar-refractivity contribution is 0.109. The van der Waals surface area contributed by atoms with Crippen LogP contribution in [0, 0.1) is 24.5 Å². The van der Waals surface area contributed by atoms with Gasteiger partial charge < -0.3 is 9.64 Å². The van der Waals surface area contributed by atoms with Gasteiger partial charge in [-0.15, -0.1) is 5.10 Å². The summed E-state index contributed by atoms with van der Waals surface area (Å²) >= 11 is 0. The van der Waals surface area contributed by atoms with Crippen molar-refractivity contribution in [2.75, 3.05) is 18.0 Å². The minimum absolute atomic E-state index is 0.0412. The van der Waals surface area contributed by atoms with Gasteiger partial charge in [0.05, 0.1) is 31.1 Å². The van der Waals surface area contributed by atoms with Gasteiger partial charge in [0, 0.05) is 29.9 Å². The molecule has 0 fully saturated rings. The Hall–Kier alpha value is -4.87. The lowest BCUT2D eigenvalue weighted by Gasteiger charge is -2.24. The van der Waals surface area contributed by atoms with Gasteiger partial charge in [-0.25, -0.2) is 19.6 Å². The summed E-state index contributed by atoms with van der Waals surface area (Å²) in [6, 6.07) is 17.7. The number of hydrogen-bond acceptors (Lipinski definition) is 5. The molecule has 0 saturated carbocycles. The largest absolute Gasteiger partial charge is 0.505 e. The third kappa shape index (κ3) is 4.31. The first-order valence-corrected chi connectivity index (χ1v) is 11.6. The quantitative estimate of drug-likeness (QED) is 0.329. The first-order valence-electron chi connectivity index (χ1n) is 11.6. The Kier molecular flexibility index (Phi) is 6.59. The summed E-state index contributed by atoms with van der Waals surface area (Å²) in [6.07, 6.45) is 1.88. The highest BCUT2D eigenvalue weighted by Crippen LogP contribution is 2.46. The molecule has 1 aliphatic rings. The Morgan fingerprint density at radius 1 is 1.06 bits per heavy atom. The second-order valence-corrected chi connectivity index (χ2v) is 8.66. The molecular formula is C28H25N7O. The van der Waals surface area contributed by atoms with Crippen LogP contribution >= 0.6 is 0 Å². The van der Waals surface area contributed by atoms with E-state index in [9.17, 15) is 5.26 Å². The summed E-state index contributed by atoms with van der Waals surface area (Å²) in [5, 5.41) is 17.9. The van der Waals surface area contributed by atoms with Crippen LogP contribution in [0.15, 0.2) is 71.9 Å². The Morgan fingerprint density at radius 2 is 1.69 bits per heavy atom. The summed E-state index contributed by atoms with van der Waals surface area (Å²) in [5.41, 5.74) is 4.27. The number of anilines is 1. The summed E-state index contributed by atoms with van der Waals surface area (Å²) in [4.78, 5) is 9.12. The zero-order chi connectivity index (χ0) is 25.9. The predicted molar refractivity (Wildman–Crippen MR) is 138 cm³/mol. The summed E-state index contributed by atoms with van der Waals surface area (Å²) in [7, 11) is 0. The summed E-state index contributed by atoms with van der Waals surface area (Å²) < 4.78 is 7.60. The molecule has 8 heteroatoms. The number of nitrogens with zero attached hydrogens (tertiary/aromatic N) is 7. The molecule has 2 heterocycles. The lowest BCUT2D eigenvalue weighted by Crippen LogP contribution is -2.21. The van der Waals surface area contributed by atoms with Gasteiger partial charge >= 0.3 is 0 Å². The van der Waals surface area contributed by atoms with Gasteiger partial charge in [0.1, 0.15) is 17.1 Å². The van der Waals surface area contributed by atoms with Crippen LogP contribution in [0.25, 0.3) is 32.2 Å². The second-order valence-electron chi connectivity index (χ2n) is 8.66. The second kappa shape index (κ2) is 9.78. The highest BCUT2D eigenvalue weighted by molar-refractivity contribution is 5.82. The molecule has 36 heavy (non-hydrogen) atoms. The molecule has 1 aliphatic heterocycles. The van der Waals surface area contributed by atoms with E-state index >= 15 is 0 Å². The molecule has 0 amide bonds. The molecule has 1 aromatic heterocycles. The van der Waals surface area contributed by atoms with Crippen LogP contribution in [-0.4, -0.2) is 33.7 Å². The number of ether oxygens (including phenoxy) is 1. The van der Waals surface area contributed by atoms with Crippen molar-refractivity contribution in [3.8, 4) is 23.0 Å². The molecule has 0 radical (unpaired) electrons. The fourth-order valence-electron chi connectivity index (χ4n) is 4.37. The molecule has 0 spiro atoms. The van der Waals surface area contributed by atoms with Crippen molar-refractivity contribution >= 4 is 11.3 Å². The predicted octanol–water partition coefficient (Wildman–Crippen LogP) is 5.87. The van der Waals surface area contributed by atoms with Crippen molar-refractivity contribution in [3.63, 3.8) is 0 Å². The van der Waals surface area contributed by atoms with E-state index in [2.05, 4.69) is 63.0 Å². The maximum atomic E-state index is 9.29. The third-order valence-corrected chi connectivity index (χ3v) is 6.16. The molecule has 0 atom stereocenters. The van der Waals surface area contributed by atoms with E-state index in [4.69, 9.17) is 17.9 Å². The van der Waals surface area contributed by atoms with E-state index in [1.165, 1.54) is 5.69 Å². The van der Waals surface area contributed by atoms with Gasteiger partial charge in [-0.1, -0.05) is 29.5 Å². The number of aromatic nitrogens is 3. The minimum Gasteiger partial charge on any atom is -0.505 e. The highest BCUT2D eigenvalue weighted by atomic mass is 16.5. The van der Waals surface area contributed by atoms with Crippen molar-refractivity contribution < 1.29 is 4.74 Å². The summed E-state index contributed by atoms with van der Waals surface area (Å²) in [6.45, 7) is 24.7. The highest BCUT2D eigenvalue weighted by Gasteiger charge is 2.40. The number of benzene rings is 2. The molecule has 178 valence electrons. The van der Waals surface area contributed by atoms with Gasteiger partial charge in [0.15, 0.2) is 0 Å². The Labute approximate surface area is 211 Å². The molecule has 3 aromatic rings. The van der Waals surface area contributed by atoms with Crippen molar-refractivity contribution in [2.45, 2.75) is 33.3 Å². The molecule has 8 nitrogen and oxygen atoms in total. The lowest BCUT2D eigenvalue weighted by atomic mass is 9.91. The Balaban J connectivity index is 1.64. The monoisotopic (exact) mass is 475 g/mol. The van der Waals surface area contributed by atoms with Crippen molar-refractivity contribution in [3.05, 3.63) is 100 Å². The van der Waals surface area contributed by atoms with E-state index in [0.29, 0.717) is 5.57 Å². The normalized spacial score (nSPS) is 15.5. The number of nitriles is 1. The third-order valence-electron chi connectivity index (χ3n) is 6.16. The maximum absolute atomic E-state index is 9.29. The number of rotatable bonds is 6. The number of hydrogen-bond donors (Lipinski definition) is 0. The topological polar surface area (TPSA) is 75.7 Å². The van der Waals surface area contributed by atoms with Gasteiger partial charge in [0.25, 0.3) is 5.70 Å². The average molecular weight is 476 g/mol. The van der Waals surface area contributed by atoms with Crippen LogP contribution in [-0.2, 0) is 4.74 Å². The van der Waals surface area contributed by atoms with E-state index in [-0.39, 0.29) is 17.2 Å². The molecule has 0 unspecified atom stereocenters. The average Bonchev–Trinajstić information content (AvgIpc) is 3.48. The zero-order valence-corrected chi connectivity index (χ0v) is 20.6. The van der Waals surface area contributed by atoms with Crippen molar-refractivity contribution in [1.29, 1.82) is 5.26 Å². The van der Waals surface area contributed by atoms with E-state index < -0.39 is 5.60 Å². The Morgan fingerprint density at radius 3 is 2.25 bits per heavy atom. The maximum Gasteiger partial charge on any atom is 0.292 e. The van der Waals surface area contributed by atoms with Crippen LogP contribution < -0.4 is 4.90 Å². The van der Waals surface area contributed by atoms with Crippen LogP contribution in [0.4, 0.5) is 5.69 Å². The molecule has 4 rings (SSSR count). The van der Waals surface area contributed by atoms with E-state index in [1.54, 1.807) is 4.68 Å². The fraction of sp³-hybridized carbons (Fsp3) is 0.250. The first kappa shape index (κ1) is 24.3. The minimum atomic E-state index is -0.860. The zero-order valence-electron chi connectivity index (χ0n) is 20.6. The molecule has 2 aromatic carbocycles. The van der Waals surface area contributed by atoms with Gasteiger partial charge in [-0.2, -0.15) is 0 Å². The summed E-state index contributed by atoms with van der Waals surface area (Å²) in [5.74, 6) is 0.0412. The molecule has 0 N–H and O–H groups in total. The number of allylic oxidation sites excluding steroid dienone is 1. The first-order chi connectivity index (χ1) is 17.4. The smallest absolute Gasteiger partial charge is 0.292 e. The van der Waals surface area contributed by atoms with E-state index in [0.717, 1.165) is 35.6 Å². The molecule has 0 bridgehead atoms.